The second-order valence-electron chi connectivity index (χ2n) is 4.25. The molecule has 0 radical (unpaired) electrons. The summed E-state index contributed by atoms with van der Waals surface area (Å²) in [5.74, 6) is 0.710. The summed E-state index contributed by atoms with van der Waals surface area (Å²) in [5.41, 5.74) is 6.33. The average molecular weight is 330 g/mol. The molecule has 0 aliphatic rings. The monoisotopic (exact) mass is 330 g/mol. The highest BCUT2D eigenvalue weighted by Crippen LogP contribution is 2.25. The molecular formula is C12H14N2O3S3. The lowest BCUT2D eigenvalue weighted by Crippen LogP contribution is -2.25. The first kappa shape index (κ1) is 15.2. The predicted molar refractivity (Wildman–Crippen MR) is 82.3 cm³/mol. The lowest BCUT2D eigenvalue weighted by molar-refractivity contribution is 0.460. The SMILES string of the molecule is Cc1occc1CN(C)S(=O)(=O)c1ccc(C(N)=S)s1. The van der Waals surface area contributed by atoms with Gasteiger partial charge in [-0.05, 0) is 25.1 Å². The van der Waals surface area contributed by atoms with E-state index in [0.717, 1.165) is 16.9 Å². The van der Waals surface area contributed by atoms with E-state index in [-0.39, 0.29) is 15.7 Å². The van der Waals surface area contributed by atoms with Crippen LogP contribution in [-0.4, -0.2) is 24.8 Å². The molecule has 0 unspecified atom stereocenters. The molecule has 20 heavy (non-hydrogen) atoms. The van der Waals surface area contributed by atoms with Crippen LogP contribution in [0.4, 0.5) is 0 Å². The van der Waals surface area contributed by atoms with Crippen molar-refractivity contribution in [2.45, 2.75) is 17.7 Å². The van der Waals surface area contributed by atoms with Crippen LogP contribution in [0.15, 0.2) is 33.1 Å². The van der Waals surface area contributed by atoms with Crippen LogP contribution in [0.2, 0.25) is 0 Å². The van der Waals surface area contributed by atoms with Gasteiger partial charge >= 0.3 is 0 Å². The topological polar surface area (TPSA) is 76.5 Å². The summed E-state index contributed by atoms with van der Waals surface area (Å²) in [5, 5.41) is 0. The van der Waals surface area contributed by atoms with Crippen LogP contribution in [0.5, 0.6) is 0 Å². The van der Waals surface area contributed by atoms with Gasteiger partial charge in [-0.3, -0.25) is 0 Å². The van der Waals surface area contributed by atoms with Gasteiger partial charge in [0, 0.05) is 19.2 Å². The second kappa shape index (κ2) is 5.65. The Morgan fingerprint density at radius 2 is 2.15 bits per heavy atom. The van der Waals surface area contributed by atoms with Crippen molar-refractivity contribution in [2.24, 2.45) is 5.73 Å². The molecule has 0 saturated carbocycles. The summed E-state index contributed by atoms with van der Waals surface area (Å²) in [6.07, 6.45) is 1.54. The van der Waals surface area contributed by atoms with Crippen molar-refractivity contribution in [1.29, 1.82) is 0 Å². The normalized spacial score (nSPS) is 11.9. The van der Waals surface area contributed by atoms with Gasteiger partial charge in [0.25, 0.3) is 10.0 Å². The standard InChI is InChI=1S/C12H14N2O3S3/c1-8-9(5-6-17-8)7-14(2)20(15,16)11-4-3-10(19-11)12(13)18/h3-6H,7H2,1-2H3,(H2,13,18). The van der Waals surface area contributed by atoms with Crippen LogP contribution >= 0.6 is 23.6 Å². The van der Waals surface area contributed by atoms with Gasteiger partial charge in [0.1, 0.15) is 15.0 Å². The Bertz CT molecular complexity index is 731. The van der Waals surface area contributed by atoms with E-state index in [4.69, 9.17) is 22.4 Å². The highest BCUT2D eigenvalue weighted by Gasteiger charge is 2.24. The number of thiocarbonyl (C=S) groups is 1. The Morgan fingerprint density at radius 3 is 2.65 bits per heavy atom. The number of aryl methyl sites for hydroxylation is 1. The molecule has 2 heterocycles. The lowest BCUT2D eigenvalue weighted by atomic mass is 10.3. The van der Waals surface area contributed by atoms with E-state index < -0.39 is 10.0 Å². The zero-order valence-electron chi connectivity index (χ0n) is 11.0. The van der Waals surface area contributed by atoms with Gasteiger partial charge in [-0.25, -0.2) is 8.42 Å². The summed E-state index contributed by atoms with van der Waals surface area (Å²) in [4.78, 5) is 0.788. The maximum Gasteiger partial charge on any atom is 0.252 e. The number of hydrogen-bond acceptors (Lipinski definition) is 5. The van der Waals surface area contributed by atoms with Crippen molar-refractivity contribution in [1.82, 2.24) is 4.31 Å². The zero-order valence-corrected chi connectivity index (χ0v) is 13.4. The van der Waals surface area contributed by atoms with E-state index in [2.05, 4.69) is 0 Å². The number of thiophene rings is 1. The Balaban J connectivity index is 2.25. The summed E-state index contributed by atoms with van der Waals surface area (Å²) in [6, 6.07) is 4.90. The van der Waals surface area contributed by atoms with Crippen molar-refractivity contribution in [2.75, 3.05) is 7.05 Å². The maximum atomic E-state index is 12.4. The average Bonchev–Trinajstić information content (AvgIpc) is 2.99. The van der Waals surface area contributed by atoms with E-state index in [0.29, 0.717) is 10.6 Å². The molecule has 2 aromatic rings. The smallest absolute Gasteiger partial charge is 0.252 e. The molecular weight excluding hydrogens is 316 g/mol. The third kappa shape index (κ3) is 2.93. The van der Waals surface area contributed by atoms with Crippen LogP contribution in [0.3, 0.4) is 0 Å². The molecule has 0 spiro atoms. The fourth-order valence-electron chi connectivity index (χ4n) is 1.64. The number of hydrogen-bond donors (Lipinski definition) is 1. The number of furan rings is 1. The molecule has 0 fully saturated rings. The number of nitrogens with zero attached hydrogens (tertiary/aromatic N) is 1. The summed E-state index contributed by atoms with van der Waals surface area (Å²) >= 11 is 5.92. The van der Waals surface area contributed by atoms with Crippen molar-refractivity contribution in [3.63, 3.8) is 0 Å². The fourth-order valence-corrected chi connectivity index (χ4v) is 4.36. The van der Waals surface area contributed by atoms with E-state index in [9.17, 15) is 8.42 Å². The highest BCUT2D eigenvalue weighted by atomic mass is 32.2. The zero-order chi connectivity index (χ0) is 14.9. The van der Waals surface area contributed by atoms with E-state index in [1.54, 1.807) is 25.3 Å². The summed E-state index contributed by atoms with van der Waals surface area (Å²) < 4.78 is 31.5. The third-order valence-corrected chi connectivity index (χ3v) is 6.59. The Labute approximate surface area is 127 Å². The van der Waals surface area contributed by atoms with Gasteiger partial charge in [-0.2, -0.15) is 4.31 Å². The van der Waals surface area contributed by atoms with Crippen LogP contribution in [-0.2, 0) is 16.6 Å². The van der Waals surface area contributed by atoms with Gasteiger partial charge in [-0.15, -0.1) is 11.3 Å². The largest absolute Gasteiger partial charge is 0.469 e. The molecule has 0 saturated heterocycles. The fraction of sp³-hybridized carbons (Fsp3) is 0.250. The molecule has 2 rings (SSSR count). The second-order valence-corrected chi connectivity index (χ2v) is 8.04. The number of nitrogens with two attached hydrogens (primary N) is 1. The van der Waals surface area contributed by atoms with Crippen molar-refractivity contribution >= 4 is 38.6 Å². The molecule has 5 nitrogen and oxygen atoms in total. The summed E-state index contributed by atoms with van der Waals surface area (Å²) in [7, 11) is -2.02. The van der Waals surface area contributed by atoms with E-state index in [1.807, 2.05) is 0 Å². The van der Waals surface area contributed by atoms with Crippen LogP contribution in [0, 0.1) is 6.92 Å². The summed E-state index contributed by atoms with van der Waals surface area (Å²) in [6.45, 7) is 2.05. The minimum atomic E-state index is -3.55. The van der Waals surface area contributed by atoms with Crippen molar-refractivity contribution in [3.05, 3.63) is 40.7 Å². The molecule has 0 atom stereocenters. The minimum Gasteiger partial charge on any atom is -0.469 e. The van der Waals surface area contributed by atoms with Crippen LogP contribution in [0.1, 0.15) is 16.2 Å². The van der Waals surface area contributed by atoms with E-state index in [1.165, 1.54) is 17.4 Å². The molecule has 2 aromatic heterocycles. The first-order valence-corrected chi connectivity index (χ1v) is 8.38. The van der Waals surface area contributed by atoms with E-state index >= 15 is 0 Å². The molecule has 0 bridgehead atoms. The maximum absolute atomic E-state index is 12.4. The molecule has 108 valence electrons. The Kier molecular flexibility index (Phi) is 4.28. The molecule has 0 aliphatic carbocycles. The minimum absolute atomic E-state index is 0.199. The van der Waals surface area contributed by atoms with Gasteiger partial charge in [-0.1, -0.05) is 12.2 Å². The third-order valence-electron chi connectivity index (χ3n) is 2.85. The predicted octanol–water partition coefficient (Wildman–Crippen LogP) is 2.10. The Hall–Kier alpha value is -1.22. The van der Waals surface area contributed by atoms with Gasteiger partial charge < -0.3 is 10.2 Å². The molecule has 2 N–H and O–H groups in total. The molecule has 0 aliphatic heterocycles. The Morgan fingerprint density at radius 1 is 1.45 bits per heavy atom. The molecule has 8 heteroatoms. The number of rotatable bonds is 5. The highest BCUT2D eigenvalue weighted by molar-refractivity contribution is 7.91. The van der Waals surface area contributed by atoms with Crippen LogP contribution in [0.25, 0.3) is 0 Å². The van der Waals surface area contributed by atoms with Gasteiger partial charge in [0.05, 0.1) is 11.1 Å². The molecule has 0 aromatic carbocycles. The van der Waals surface area contributed by atoms with Gasteiger partial charge in [0.2, 0.25) is 0 Å². The van der Waals surface area contributed by atoms with Gasteiger partial charge in [0.15, 0.2) is 0 Å². The first-order chi connectivity index (χ1) is 9.32. The molecule has 0 amide bonds. The number of sulfonamides is 1. The van der Waals surface area contributed by atoms with Crippen LogP contribution < -0.4 is 5.73 Å². The first-order valence-electron chi connectivity index (χ1n) is 5.71. The quantitative estimate of drug-likeness (QED) is 0.850. The van der Waals surface area contributed by atoms with Crippen molar-refractivity contribution in [3.8, 4) is 0 Å². The van der Waals surface area contributed by atoms with Crippen molar-refractivity contribution < 1.29 is 12.8 Å². The lowest BCUT2D eigenvalue weighted by Gasteiger charge is -2.15.